The second-order valence-corrected chi connectivity index (χ2v) is 5.67. The van der Waals surface area contributed by atoms with E-state index in [4.69, 9.17) is 0 Å². The highest BCUT2D eigenvalue weighted by atomic mass is 16.3. The Bertz CT molecular complexity index is 714. The molecule has 2 nitrogen and oxygen atoms in total. The Morgan fingerprint density at radius 1 is 0.913 bits per heavy atom. The first-order valence-corrected chi connectivity index (χ1v) is 8.00. The number of rotatable bonds is 7. The molecule has 0 radical (unpaired) electrons. The lowest BCUT2D eigenvalue weighted by Crippen LogP contribution is -1.98. The molecule has 0 aliphatic carbocycles. The van der Waals surface area contributed by atoms with Crippen molar-refractivity contribution in [3.05, 3.63) is 72.3 Å². The van der Waals surface area contributed by atoms with Crippen molar-refractivity contribution in [1.82, 2.24) is 0 Å². The maximum absolute atomic E-state index is 10.2. The molecule has 0 spiro atoms. The van der Waals surface area contributed by atoms with Crippen molar-refractivity contribution in [3.63, 3.8) is 0 Å². The predicted octanol–water partition coefficient (Wildman–Crippen LogP) is 5.17. The third-order valence-electron chi connectivity index (χ3n) is 4.01. The molecule has 2 heteroatoms. The van der Waals surface area contributed by atoms with E-state index in [-0.39, 0.29) is 5.75 Å². The van der Waals surface area contributed by atoms with E-state index in [1.54, 1.807) is 18.2 Å². The number of phenolic OH excluding ortho intramolecular Hbond substituents is 2. The Kier molecular flexibility index (Phi) is 5.64. The van der Waals surface area contributed by atoms with Crippen molar-refractivity contribution < 1.29 is 10.2 Å². The first-order chi connectivity index (χ1) is 11.1. The van der Waals surface area contributed by atoms with E-state index in [0.29, 0.717) is 18.6 Å². The largest absolute Gasteiger partial charge is 0.508 e. The zero-order valence-corrected chi connectivity index (χ0v) is 13.7. The third kappa shape index (κ3) is 3.65. The monoisotopic (exact) mass is 308 g/mol. The fourth-order valence-corrected chi connectivity index (χ4v) is 2.93. The Hall–Kier alpha value is -2.48. The first kappa shape index (κ1) is 16.9. The highest BCUT2D eigenvalue weighted by molar-refractivity contribution is 5.72. The van der Waals surface area contributed by atoms with Crippen LogP contribution in [0.2, 0.25) is 0 Å². The molecule has 0 fully saturated rings. The summed E-state index contributed by atoms with van der Waals surface area (Å²) < 4.78 is 0. The van der Waals surface area contributed by atoms with E-state index >= 15 is 0 Å². The summed E-state index contributed by atoms with van der Waals surface area (Å²) in [5, 5.41) is 20.2. The van der Waals surface area contributed by atoms with Crippen LogP contribution in [0.25, 0.3) is 11.1 Å². The fourth-order valence-electron chi connectivity index (χ4n) is 2.93. The van der Waals surface area contributed by atoms with Gasteiger partial charge >= 0.3 is 0 Å². The highest BCUT2D eigenvalue weighted by Gasteiger charge is 2.14. The smallest absolute Gasteiger partial charge is 0.119 e. The zero-order chi connectivity index (χ0) is 16.8. The molecule has 0 heterocycles. The molecule has 23 heavy (non-hydrogen) atoms. The predicted molar refractivity (Wildman–Crippen MR) is 97.0 cm³/mol. The lowest BCUT2D eigenvalue weighted by atomic mass is 9.89. The molecule has 0 aliphatic heterocycles. The van der Waals surface area contributed by atoms with Crippen LogP contribution in [0.4, 0.5) is 0 Å². The fraction of sp³-hybridized carbons (Fsp3) is 0.238. The van der Waals surface area contributed by atoms with E-state index in [9.17, 15) is 10.2 Å². The quantitative estimate of drug-likeness (QED) is 0.692. The molecular weight excluding hydrogens is 284 g/mol. The SMILES string of the molecule is C=CCc1cc(-c2ccc(O)c(CC=C)c2CCC)ccc1O. The standard InChI is InChI=1S/C21H24O2/c1-4-7-16-14-15(10-12-20(16)22)17-11-13-21(23)19(9-6-3)18(17)8-5-2/h4,6,10-14,22-23H,1,3,5,7-9H2,2H3. The molecule has 0 bridgehead atoms. The Balaban J connectivity index is 2.62. The van der Waals surface area contributed by atoms with E-state index in [1.165, 1.54) is 0 Å². The summed E-state index contributed by atoms with van der Waals surface area (Å²) in [6.07, 6.45) is 6.76. The van der Waals surface area contributed by atoms with Gasteiger partial charge in [-0.2, -0.15) is 0 Å². The number of aromatic hydroxyl groups is 2. The molecule has 0 saturated heterocycles. The van der Waals surface area contributed by atoms with Crippen LogP contribution in [0.3, 0.4) is 0 Å². The van der Waals surface area contributed by atoms with Crippen molar-refractivity contribution in [3.8, 4) is 22.6 Å². The van der Waals surface area contributed by atoms with E-state index < -0.39 is 0 Å². The van der Waals surface area contributed by atoms with Crippen molar-refractivity contribution >= 4 is 0 Å². The molecule has 0 aromatic heterocycles. The topological polar surface area (TPSA) is 40.5 Å². The number of benzene rings is 2. The van der Waals surface area contributed by atoms with Crippen molar-refractivity contribution in [2.24, 2.45) is 0 Å². The average molecular weight is 308 g/mol. The Morgan fingerprint density at radius 2 is 1.61 bits per heavy atom. The summed E-state index contributed by atoms with van der Waals surface area (Å²) >= 11 is 0. The minimum Gasteiger partial charge on any atom is -0.508 e. The molecule has 120 valence electrons. The summed E-state index contributed by atoms with van der Waals surface area (Å²) in [6.45, 7) is 9.67. The van der Waals surface area contributed by atoms with Gasteiger partial charge in [0.15, 0.2) is 0 Å². The van der Waals surface area contributed by atoms with Gasteiger partial charge in [-0.1, -0.05) is 37.6 Å². The number of hydrogen-bond acceptors (Lipinski definition) is 2. The number of allylic oxidation sites excluding steroid dienone is 2. The number of phenols is 2. The summed E-state index contributed by atoms with van der Waals surface area (Å²) in [4.78, 5) is 0. The lowest BCUT2D eigenvalue weighted by Gasteiger charge is -2.16. The maximum Gasteiger partial charge on any atom is 0.119 e. The lowest BCUT2D eigenvalue weighted by molar-refractivity contribution is 0.468. The van der Waals surface area contributed by atoms with Gasteiger partial charge < -0.3 is 10.2 Å². The molecule has 2 rings (SSSR count). The highest BCUT2D eigenvalue weighted by Crippen LogP contribution is 2.35. The van der Waals surface area contributed by atoms with Gasteiger partial charge in [-0.05, 0) is 59.7 Å². The van der Waals surface area contributed by atoms with E-state index in [1.807, 2.05) is 24.3 Å². The van der Waals surface area contributed by atoms with Gasteiger partial charge in [-0.25, -0.2) is 0 Å². The van der Waals surface area contributed by atoms with Crippen LogP contribution in [0, 0.1) is 0 Å². The van der Waals surface area contributed by atoms with Crippen molar-refractivity contribution in [1.29, 1.82) is 0 Å². The van der Waals surface area contributed by atoms with Crippen LogP contribution in [0.5, 0.6) is 11.5 Å². The summed E-state index contributed by atoms with van der Waals surface area (Å²) in [5.41, 5.74) is 5.11. The molecule has 2 aromatic rings. The molecule has 0 saturated carbocycles. The summed E-state index contributed by atoms with van der Waals surface area (Å²) in [5.74, 6) is 0.609. The van der Waals surface area contributed by atoms with Gasteiger partial charge in [0, 0.05) is 5.56 Å². The molecule has 2 N–H and O–H groups in total. The van der Waals surface area contributed by atoms with Gasteiger partial charge in [0.05, 0.1) is 0 Å². The van der Waals surface area contributed by atoms with Crippen LogP contribution >= 0.6 is 0 Å². The van der Waals surface area contributed by atoms with Crippen LogP contribution in [-0.4, -0.2) is 10.2 Å². The third-order valence-corrected chi connectivity index (χ3v) is 4.01. The van der Waals surface area contributed by atoms with Gasteiger partial charge in [0.25, 0.3) is 0 Å². The normalized spacial score (nSPS) is 10.5. The molecule has 0 unspecified atom stereocenters. The van der Waals surface area contributed by atoms with Crippen molar-refractivity contribution in [2.75, 3.05) is 0 Å². The molecular formula is C21H24O2. The van der Waals surface area contributed by atoms with Crippen LogP contribution in [0.15, 0.2) is 55.6 Å². The first-order valence-electron chi connectivity index (χ1n) is 8.00. The summed E-state index contributed by atoms with van der Waals surface area (Å²) in [6, 6.07) is 9.35. The molecule has 0 amide bonds. The van der Waals surface area contributed by atoms with Gasteiger partial charge in [0.2, 0.25) is 0 Å². The van der Waals surface area contributed by atoms with Gasteiger partial charge in [-0.15, -0.1) is 13.2 Å². The minimum atomic E-state index is 0.288. The molecule has 2 aromatic carbocycles. The van der Waals surface area contributed by atoms with Gasteiger partial charge in [0.1, 0.15) is 11.5 Å². The Morgan fingerprint density at radius 3 is 2.26 bits per heavy atom. The number of hydrogen-bond donors (Lipinski definition) is 2. The van der Waals surface area contributed by atoms with Crippen molar-refractivity contribution in [2.45, 2.75) is 32.6 Å². The van der Waals surface area contributed by atoms with Crippen LogP contribution < -0.4 is 0 Å². The Labute approximate surface area is 138 Å². The van der Waals surface area contributed by atoms with Gasteiger partial charge in [-0.3, -0.25) is 0 Å². The van der Waals surface area contributed by atoms with E-state index in [2.05, 4.69) is 20.1 Å². The second kappa shape index (κ2) is 7.68. The second-order valence-electron chi connectivity index (χ2n) is 5.67. The zero-order valence-electron chi connectivity index (χ0n) is 13.7. The van der Waals surface area contributed by atoms with Crippen LogP contribution in [-0.2, 0) is 19.3 Å². The summed E-state index contributed by atoms with van der Waals surface area (Å²) in [7, 11) is 0. The van der Waals surface area contributed by atoms with E-state index in [0.717, 1.165) is 40.7 Å². The minimum absolute atomic E-state index is 0.288. The maximum atomic E-state index is 10.2. The van der Waals surface area contributed by atoms with Crippen LogP contribution in [0.1, 0.15) is 30.0 Å². The molecule has 0 atom stereocenters. The average Bonchev–Trinajstić information content (AvgIpc) is 2.54. The molecule has 0 aliphatic rings.